The molecule has 232 valence electrons. The summed E-state index contributed by atoms with van der Waals surface area (Å²) in [6.07, 6.45) is 2.51. The average Bonchev–Trinajstić information content (AvgIpc) is 3.62. The summed E-state index contributed by atoms with van der Waals surface area (Å²) in [6, 6.07) is 13.3. The fraction of sp³-hybridized carbons (Fsp3) is 0.290. The number of hydrogen-bond donors (Lipinski definition) is 1. The van der Waals surface area contributed by atoms with E-state index in [0.717, 1.165) is 23.4 Å². The molecule has 1 atom stereocenters. The summed E-state index contributed by atoms with van der Waals surface area (Å²) in [5, 5.41) is 17.2. The number of anilines is 1. The number of nitrogens with zero attached hydrogens (tertiary/aromatic N) is 6. The molecule has 0 bridgehead atoms. The average molecular weight is 635 g/mol. The number of hydrogen-bond acceptors (Lipinski definition) is 10. The Morgan fingerprint density at radius 2 is 2.04 bits per heavy atom. The molecule has 3 aromatic heterocycles. The number of carboxylic acid groups (broad SMARTS) is 1. The fourth-order valence-electron chi connectivity index (χ4n) is 5.37. The Labute approximate surface area is 261 Å². The Morgan fingerprint density at radius 3 is 2.78 bits per heavy atom. The van der Waals surface area contributed by atoms with E-state index in [-0.39, 0.29) is 23.8 Å². The lowest BCUT2D eigenvalue weighted by Crippen LogP contribution is -2.38. The molecule has 0 radical (unpaired) electrons. The summed E-state index contributed by atoms with van der Waals surface area (Å²) in [5.74, 6) is 0.155. The van der Waals surface area contributed by atoms with Crippen LogP contribution in [0, 0.1) is 5.82 Å². The second-order valence-electron chi connectivity index (χ2n) is 10.7. The van der Waals surface area contributed by atoms with Crippen molar-refractivity contribution in [3.05, 3.63) is 76.3 Å². The van der Waals surface area contributed by atoms with Gasteiger partial charge < -0.3 is 33.2 Å². The number of aromatic nitrogens is 3. The zero-order valence-electron chi connectivity index (χ0n) is 24.2. The first-order valence-corrected chi connectivity index (χ1v) is 14.7. The van der Waals surface area contributed by atoms with E-state index in [9.17, 15) is 14.3 Å². The van der Waals surface area contributed by atoms with E-state index in [1.165, 1.54) is 13.2 Å². The summed E-state index contributed by atoms with van der Waals surface area (Å²) in [6.45, 7) is 2.75. The quantitative estimate of drug-likeness (QED) is 0.216. The first-order valence-electron chi connectivity index (χ1n) is 14.3. The first-order chi connectivity index (χ1) is 21.9. The van der Waals surface area contributed by atoms with Crippen LogP contribution in [-0.4, -0.2) is 69.9 Å². The molecule has 12 nitrogen and oxygen atoms in total. The number of rotatable bonds is 10. The van der Waals surface area contributed by atoms with Gasteiger partial charge in [-0.15, -0.1) is 0 Å². The number of pyridine rings is 1. The van der Waals surface area contributed by atoms with Gasteiger partial charge in [-0.3, -0.25) is 5.01 Å². The Morgan fingerprint density at radius 1 is 1.18 bits per heavy atom. The molecule has 0 amide bonds. The lowest BCUT2D eigenvalue weighted by Gasteiger charge is -2.30. The van der Waals surface area contributed by atoms with Crippen LogP contribution >= 0.6 is 11.6 Å². The maximum absolute atomic E-state index is 14.9. The van der Waals surface area contributed by atoms with Gasteiger partial charge in [0, 0.05) is 36.2 Å². The van der Waals surface area contributed by atoms with E-state index in [2.05, 4.69) is 15.1 Å². The van der Waals surface area contributed by atoms with E-state index in [0.29, 0.717) is 72.4 Å². The van der Waals surface area contributed by atoms with Crippen molar-refractivity contribution in [3.8, 4) is 11.8 Å². The lowest BCUT2D eigenvalue weighted by atomic mass is 10.1. The molecular formula is C31H28ClFN6O6. The Hall–Kier alpha value is -4.88. The number of carbonyl (C=O) groups is 1. The maximum Gasteiger partial charge on any atom is 0.335 e. The van der Waals surface area contributed by atoms with Gasteiger partial charge in [0.15, 0.2) is 5.82 Å². The van der Waals surface area contributed by atoms with Gasteiger partial charge in [-0.2, -0.15) is 10.1 Å². The number of fused-ring (bicyclic) bond motifs is 2. The van der Waals surface area contributed by atoms with Crippen LogP contribution in [-0.2, 0) is 24.4 Å². The summed E-state index contributed by atoms with van der Waals surface area (Å²) in [5.41, 5.74) is 1.82. The zero-order valence-corrected chi connectivity index (χ0v) is 24.9. The van der Waals surface area contributed by atoms with E-state index in [4.69, 9.17) is 30.2 Å². The Kier molecular flexibility index (Phi) is 7.63. The first kappa shape index (κ1) is 28.9. The van der Waals surface area contributed by atoms with Gasteiger partial charge in [0.05, 0.1) is 49.0 Å². The molecule has 1 unspecified atom stereocenters. The molecular weight excluding hydrogens is 607 g/mol. The van der Waals surface area contributed by atoms with Crippen LogP contribution in [0.3, 0.4) is 0 Å². The van der Waals surface area contributed by atoms with Crippen LogP contribution in [0.1, 0.15) is 28.2 Å². The second kappa shape index (κ2) is 11.9. The summed E-state index contributed by atoms with van der Waals surface area (Å²) < 4.78 is 39.3. The van der Waals surface area contributed by atoms with Crippen molar-refractivity contribution in [1.29, 1.82) is 0 Å². The molecule has 14 heteroatoms. The van der Waals surface area contributed by atoms with Gasteiger partial charge in [-0.1, -0.05) is 23.7 Å². The Balaban J connectivity index is 1.06. The number of methoxy groups -OCH3 is 1. The van der Waals surface area contributed by atoms with Crippen molar-refractivity contribution in [1.82, 2.24) is 19.5 Å². The number of halogens is 2. The van der Waals surface area contributed by atoms with Gasteiger partial charge >= 0.3 is 5.97 Å². The van der Waals surface area contributed by atoms with E-state index in [1.54, 1.807) is 24.5 Å². The van der Waals surface area contributed by atoms with E-state index < -0.39 is 11.8 Å². The summed E-state index contributed by atoms with van der Waals surface area (Å²) >= 11 is 6.32. The standard InChI is InChI=1S/C31H28ClFN6O6/c1-42-28-13-21-22(32)6-5-18(30(21)45-28)16-44-27-4-2-3-25(35-27)37-8-9-38(34-17-37)15-26-36-29-23(33)11-19(31(40)41)12-24(29)39(26)14-20-7-10-43-20/h2-6,11-13,17,20H,7-10,14-16H2,1H3,(H,40,41). The van der Waals surface area contributed by atoms with E-state index in [1.807, 2.05) is 32.7 Å². The molecule has 0 aliphatic carbocycles. The van der Waals surface area contributed by atoms with Crippen LogP contribution in [0.15, 0.2) is 58.0 Å². The number of imidazole rings is 1. The smallest absolute Gasteiger partial charge is 0.335 e. The number of ether oxygens (including phenoxy) is 3. The van der Waals surface area contributed by atoms with Gasteiger partial charge in [0.25, 0.3) is 5.95 Å². The third-order valence-electron chi connectivity index (χ3n) is 7.86. The number of hydrazone groups is 1. The van der Waals surface area contributed by atoms with Crippen molar-refractivity contribution < 1.29 is 32.9 Å². The highest BCUT2D eigenvalue weighted by Crippen LogP contribution is 2.33. The SMILES string of the molecule is COc1cc2c(Cl)ccc(COc3cccc(N4C=NN(Cc5nc6c(F)cc(C(=O)O)cc6n5CC5CCO5)CC4)n3)c2o1. The van der Waals surface area contributed by atoms with Gasteiger partial charge in [-0.05, 0) is 30.7 Å². The van der Waals surface area contributed by atoms with Crippen molar-refractivity contribution in [2.24, 2.45) is 5.10 Å². The number of aromatic carboxylic acids is 1. The second-order valence-corrected chi connectivity index (χ2v) is 11.1. The van der Waals surface area contributed by atoms with Gasteiger partial charge in [-0.25, -0.2) is 14.2 Å². The molecule has 5 heterocycles. The summed E-state index contributed by atoms with van der Waals surface area (Å²) in [7, 11) is 1.53. The number of carboxylic acids is 1. The molecule has 2 aliphatic heterocycles. The van der Waals surface area contributed by atoms with Crippen LogP contribution in [0.2, 0.25) is 5.02 Å². The molecule has 1 N–H and O–H groups in total. The molecule has 0 saturated carbocycles. The molecule has 45 heavy (non-hydrogen) atoms. The fourth-order valence-corrected chi connectivity index (χ4v) is 5.58. The topological polar surface area (TPSA) is 128 Å². The highest BCUT2D eigenvalue weighted by molar-refractivity contribution is 6.35. The molecule has 2 aromatic carbocycles. The van der Waals surface area contributed by atoms with Crippen molar-refractivity contribution in [3.63, 3.8) is 0 Å². The van der Waals surface area contributed by atoms with Crippen molar-refractivity contribution >= 4 is 51.7 Å². The highest BCUT2D eigenvalue weighted by Gasteiger charge is 2.25. The predicted octanol–water partition coefficient (Wildman–Crippen LogP) is 5.31. The summed E-state index contributed by atoms with van der Waals surface area (Å²) in [4.78, 5) is 22.7. The maximum atomic E-state index is 14.9. The molecule has 1 saturated heterocycles. The molecule has 7 rings (SSSR count). The monoisotopic (exact) mass is 634 g/mol. The van der Waals surface area contributed by atoms with Crippen molar-refractivity contribution in [2.45, 2.75) is 32.2 Å². The van der Waals surface area contributed by atoms with Crippen molar-refractivity contribution in [2.75, 3.05) is 31.7 Å². The molecule has 5 aromatic rings. The number of benzene rings is 2. The van der Waals surface area contributed by atoms with Crippen LogP contribution < -0.4 is 14.4 Å². The predicted molar refractivity (Wildman–Crippen MR) is 164 cm³/mol. The minimum atomic E-state index is -1.20. The molecule has 0 spiro atoms. The molecule has 1 fully saturated rings. The largest absolute Gasteiger partial charge is 0.478 e. The highest BCUT2D eigenvalue weighted by atomic mass is 35.5. The third kappa shape index (κ3) is 5.71. The normalized spacial score (nSPS) is 16.4. The minimum absolute atomic E-state index is 0.0359. The lowest BCUT2D eigenvalue weighted by molar-refractivity contribution is -0.0592. The van der Waals surface area contributed by atoms with Gasteiger partial charge in [0.1, 0.15) is 35.7 Å². The van der Waals surface area contributed by atoms with Crippen LogP contribution in [0.5, 0.6) is 11.8 Å². The molecule has 2 aliphatic rings. The van der Waals surface area contributed by atoms with Crippen LogP contribution in [0.25, 0.3) is 22.0 Å². The zero-order chi connectivity index (χ0) is 31.1. The third-order valence-corrected chi connectivity index (χ3v) is 8.19. The number of furan rings is 1. The minimum Gasteiger partial charge on any atom is -0.478 e. The van der Waals surface area contributed by atoms with Crippen LogP contribution in [0.4, 0.5) is 10.2 Å². The Bertz CT molecular complexity index is 1940. The van der Waals surface area contributed by atoms with E-state index >= 15 is 0 Å². The van der Waals surface area contributed by atoms with Gasteiger partial charge in [0.2, 0.25) is 5.88 Å².